The number of anilines is 2. The number of pyridine rings is 1. The number of benzene rings is 1. The van der Waals surface area contributed by atoms with Gasteiger partial charge in [0.15, 0.2) is 0 Å². The van der Waals surface area contributed by atoms with E-state index in [1.807, 2.05) is 18.2 Å². The van der Waals surface area contributed by atoms with Crippen LogP contribution in [0.4, 0.5) is 11.6 Å². The average molecular weight is 330 g/mol. The second kappa shape index (κ2) is 7.66. The molecule has 0 bridgehead atoms. The standard InChI is InChI=1S/C18H14N6O/c19-9-14-3-1-2-4-16(14)24-18-22-11-15(12-23-18)17(25)21-10-13-5-7-20-8-6-13/h1-8,11-12H,10H2,(H,21,25)(H,22,23,24). The fraction of sp³-hybridized carbons (Fsp3) is 0.0556. The van der Waals surface area contributed by atoms with Crippen LogP contribution in [-0.4, -0.2) is 20.9 Å². The molecule has 1 aromatic carbocycles. The van der Waals surface area contributed by atoms with Crippen LogP contribution in [0.25, 0.3) is 0 Å². The Balaban J connectivity index is 1.64. The third kappa shape index (κ3) is 4.14. The molecule has 3 rings (SSSR count). The highest BCUT2D eigenvalue weighted by atomic mass is 16.1. The van der Waals surface area contributed by atoms with Crippen molar-refractivity contribution in [3.8, 4) is 6.07 Å². The first-order valence-corrected chi connectivity index (χ1v) is 7.51. The van der Waals surface area contributed by atoms with Crippen molar-refractivity contribution in [1.82, 2.24) is 20.3 Å². The first-order valence-electron chi connectivity index (χ1n) is 7.51. The molecule has 0 unspecified atom stereocenters. The zero-order valence-electron chi connectivity index (χ0n) is 13.2. The Morgan fingerprint density at radius 3 is 2.52 bits per heavy atom. The van der Waals surface area contributed by atoms with Crippen LogP contribution >= 0.6 is 0 Å². The number of nitriles is 1. The summed E-state index contributed by atoms with van der Waals surface area (Å²) in [5.41, 5.74) is 2.41. The van der Waals surface area contributed by atoms with Crippen molar-refractivity contribution in [1.29, 1.82) is 5.26 Å². The van der Waals surface area contributed by atoms with E-state index in [-0.39, 0.29) is 5.91 Å². The van der Waals surface area contributed by atoms with Gasteiger partial charge >= 0.3 is 0 Å². The molecule has 25 heavy (non-hydrogen) atoms. The van der Waals surface area contributed by atoms with Gasteiger partial charge in [-0.3, -0.25) is 9.78 Å². The zero-order chi connectivity index (χ0) is 17.5. The highest BCUT2D eigenvalue weighted by molar-refractivity contribution is 5.93. The normalized spacial score (nSPS) is 9.88. The Morgan fingerprint density at radius 1 is 1.08 bits per heavy atom. The van der Waals surface area contributed by atoms with Crippen LogP contribution in [0.15, 0.2) is 61.2 Å². The highest BCUT2D eigenvalue weighted by Gasteiger charge is 2.08. The molecule has 2 heterocycles. The molecule has 7 heteroatoms. The maximum atomic E-state index is 12.1. The van der Waals surface area contributed by atoms with Gasteiger partial charge in [-0.25, -0.2) is 9.97 Å². The largest absolute Gasteiger partial charge is 0.348 e. The van der Waals surface area contributed by atoms with Crippen LogP contribution in [0.2, 0.25) is 0 Å². The van der Waals surface area contributed by atoms with Gasteiger partial charge in [0, 0.05) is 31.3 Å². The van der Waals surface area contributed by atoms with E-state index in [9.17, 15) is 4.79 Å². The predicted octanol–water partition coefficient (Wildman–Crippen LogP) is 2.42. The number of rotatable bonds is 5. The number of para-hydroxylation sites is 1. The molecular weight excluding hydrogens is 316 g/mol. The Hall–Kier alpha value is -3.79. The number of hydrogen-bond donors (Lipinski definition) is 2. The van der Waals surface area contributed by atoms with Crippen molar-refractivity contribution in [2.45, 2.75) is 6.54 Å². The summed E-state index contributed by atoms with van der Waals surface area (Å²) in [4.78, 5) is 24.3. The molecule has 0 saturated heterocycles. The van der Waals surface area contributed by atoms with Crippen LogP contribution in [0.5, 0.6) is 0 Å². The minimum atomic E-state index is -0.263. The van der Waals surface area contributed by atoms with Crippen molar-refractivity contribution in [2.75, 3.05) is 5.32 Å². The first-order chi connectivity index (χ1) is 12.3. The van der Waals surface area contributed by atoms with E-state index in [0.29, 0.717) is 29.3 Å². The van der Waals surface area contributed by atoms with Crippen molar-refractivity contribution < 1.29 is 4.79 Å². The van der Waals surface area contributed by atoms with Crippen LogP contribution in [-0.2, 0) is 6.54 Å². The van der Waals surface area contributed by atoms with Gasteiger partial charge in [-0.2, -0.15) is 5.26 Å². The first kappa shape index (κ1) is 16.1. The fourth-order valence-corrected chi connectivity index (χ4v) is 2.10. The molecule has 2 aromatic heterocycles. The molecule has 7 nitrogen and oxygen atoms in total. The van der Waals surface area contributed by atoms with E-state index in [0.717, 1.165) is 5.56 Å². The monoisotopic (exact) mass is 330 g/mol. The van der Waals surface area contributed by atoms with E-state index >= 15 is 0 Å². The fourth-order valence-electron chi connectivity index (χ4n) is 2.10. The molecule has 0 aliphatic rings. The molecular formula is C18H14N6O. The van der Waals surface area contributed by atoms with Crippen LogP contribution in [0, 0.1) is 11.3 Å². The molecule has 0 aliphatic heterocycles. The topological polar surface area (TPSA) is 104 Å². The van der Waals surface area contributed by atoms with Gasteiger partial charge in [0.2, 0.25) is 5.95 Å². The van der Waals surface area contributed by atoms with Gasteiger partial charge in [-0.05, 0) is 29.8 Å². The molecule has 0 fully saturated rings. The average Bonchev–Trinajstić information content (AvgIpc) is 2.68. The van der Waals surface area contributed by atoms with Gasteiger partial charge in [0.1, 0.15) is 6.07 Å². The Morgan fingerprint density at radius 2 is 1.80 bits per heavy atom. The molecule has 122 valence electrons. The van der Waals surface area contributed by atoms with Crippen molar-refractivity contribution in [2.24, 2.45) is 0 Å². The van der Waals surface area contributed by atoms with Gasteiger partial charge < -0.3 is 10.6 Å². The number of nitrogens with zero attached hydrogens (tertiary/aromatic N) is 4. The van der Waals surface area contributed by atoms with E-state index in [4.69, 9.17) is 5.26 Å². The number of amides is 1. The van der Waals surface area contributed by atoms with Gasteiger partial charge in [0.25, 0.3) is 5.91 Å². The summed E-state index contributed by atoms with van der Waals surface area (Å²) in [6.45, 7) is 0.400. The predicted molar refractivity (Wildman–Crippen MR) is 91.9 cm³/mol. The molecule has 0 saturated carbocycles. The van der Waals surface area contributed by atoms with Gasteiger partial charge in [0.05, 0.1) is 16.8 Å². The summed E-state index contributed by atoms with van der Waals surface area (Å²) in [5.74, 6) is 0.0502. The quantitative estimate of drug-likeness (QED) is 0.744. The van der Waals surface area contributed by atoms with Crippen molar-refractivity contribution in [3.63, 3.8) is 0 Å². The third-order valence-corrected chi connectivity index (χ3v) is 3.41. The number of hydrogen-bond acceptors (Lipinski definition) is 6. The Labute approximate surface area is 144 Å². The molecule has 2 N–H and O–H groups in total. The SMILES string of the molecule is N#Cc1ccccc1Nc1ncc(C(=O)NCc2ccncc2)cn1. The summed E-state index contributed by atoms with van der Waals surface area (Å²) in [6, 6.07) is 12.8. The Kier molecular flexibility index (Phi) is 4.93. The lowest BCUT2D eigenvalue weighted by molar-refractivity contribution is 0.0950. The molecule has 0 radical (unpaired) electrons. The molecule has 0 spiro atoms. The minimum Gasteiger partial charge on any atom is -0.348 e. The lowest BCUT2D eigenvalue weighted by Gasteiger charge is -2.07. The Bertz CT molecular complexity index is 903. The summed E-state index contributed by atoms with van der Waals surface area (Å²) in [6.07, 6.45) is 6.21. The smallest absolute Gasteiger partial charge is 0.254 e. The van der Waals surface area contributed by atoms with Crippen LogP contribution in [0.1, 0.15) is 21.5 Å². The number of carbonyl (C=O) groups is 1. The summed E-state index contributed by atoms with van der Waals surface area (Å²) >= 11 is 0. The summed E-state index contributed by atoms with van der Waals surface area (Å²) in [7, 11) is 0. The molecule has 0 aliphatic carbocycles. The van der Waals surface area contributed by atoms with Crippen molar-refractivity contribution in [3.05, 3.63) is 77.9 Å². The number of carbonyl (C=O) groups excluding carboxylic acids is 1. The van der Waals surface area contributed by atoms with E-state index in [2.05, 4.69) is 31.7 Å². The van der Waals surface area contributed by atoms with Gasteiger partial charge in [-0.15, -0.1) is 0 Å². The van der Waals surface area contributed by atoms with E-state index < -0.39 is 0 Å². The number of aromatic nitrogens is 3. The lowest BCUT2D eigenvalue weighted by atomic mass is 10.2. The highest BCUT2D eigenvalue weighted by Crippen LogP contribution is 2.17. The molecule has 0 atom stereocenters. The lowest BCUT2D eigenvalue weighted by Crippen LogP contribution is -2.23. The second-order valence-corrected chi connectivity index (χ2v) is 5.12. The van der Waals surface area contributed by atoms with E-state index in [1.165, 1.54) is 12.4 Å². The minimum absolute atomic E-state index is 0.263. The van der Waals surface area contributed by atoms with Crippen molar-refractivity contribution >= 4 is 17.5 Å². The van der Waals surface area contributed by atoms with Crippen LogP contribution < -0.4 is 10.6 Å². The number of nitrogens with one attached hydrogen (secondary N) is 2. The third-order valence-electron chi connectivity index (χ3n) is 3.41. The molecule has 3 aromatic rings. The summed E-state index contributed by atoms with van der Waals surface area (Å²) < 4.78 is 0. The zero-order valence-corrected chi connectivity index (χ0v) is 13.2. The van der Waals surface area contributed by atoms with Crippen LogP contribution in [0.3, 0.4) is 0 Å². The maximum absolute atomic E-state index is 12.1. The summed E-state index contributed by atoms with van der Waals surface area (Å²) in [5, 5.41) is 14.8. The second-order valence-electron chi connectivity index (χ2n) is 5.12. The maximum Gasteiger partial charge on any atom is 0.254 e. The molecule has 1 amide bonds. The van der Waals surface area contributed by atoms with Gasteiger partial charge in [-0.1, -0.05) is 12.1 Å². The van der Waals surface area contributed by atoms with E-state index in [1.54, 1.807) is 30.6 Å².